The van der Waals surface area contributed by atoms with Gasteiger partial charge < -0.3 is 14.6 Å². The highest BCUT2D eigenvalue weighted by Gasteiger charge is 2.67. The Bertz CT molecular complexity index is 937. The van der Waals surface area contributed by atoms with Gasteiger partial charge >= 0.3 is 5.97 Å². The molecule has 0 radical (unpaired) electrons. The molecule has 4 aliphatic carbocycles. The summed E-state index contributed by atoms with van der Waals surface area (Å²) in [6.07, 6.45) is 8.51. The largest absolute Gasteiger partial charge is 0.508 e. The zero-order chi connectivity index (χ0) is 24.5. The molecule has 6 rings (SSSR count). The molecule has 2 aliphatic heterocycles. The number of carbonyl (C=O) groups excluding carboxylic acids is 3. The van der Waals surface area contributed by atoms with Gasteiger partial charge in [0.15, 0.2) is 5.78 Å². The molecule has 7 heteroatoms. The monoisotopic (exact) mass is 473 g/mol. The number of nitrogens with zero attached hydrogens (tertiary/aromatic N) is 1. The quantitative estimate of drug-likeness (QED) is 0.414. The topological polar surface area (TPSA) is 93.1 Å². The fourth-order valence-electron chi connectivity index (χ4n) is 9.18. The first-order valence-electron chi connectivity index (χ1n) is 13.1. The number of fused-ring (bicyclic) bond motifs is 1. The zero-order valence-electron chi connectivity index (χ0n) is 21.1. The van der Waals surface area contributed by atoms with E-state index < -0.39 is 29.4 Å². The average Bonchev–Trinajstić information content (AvgIpc) is 3.19. The summed E-state index contributed by atoms with van der Waals surface area (Å²) in [5.74, 6) is -1.48. The SMILES string of the molecule is CCCC[C@H]1OC[C@]2(C(=O)OCC)C(O)=C(C(=O)CC34CC5CC(C)(CC(C)(C5)C3)C4)C(=O)N12. The molecule has 4 atom stereocenters. The van der Waals surface area contributed by atoms with Gasteiger partial charge in [-0.05, 0) is 80.5 Å². The summed E-state index contributed by atoms with van der Waals surface area (Å²) >= 11 is 0. The van der Waals surface area contributed by atoms with Crippen LogP contribution in [-0.4, -0.2) is 52.6 Å². The van der Waals surface area contributed by atoms with E-state index in [1.165, 1.54) is 24.2 Å². The van der Waals surface area contributed by atoms with Crippen molar-refractivity contribution in [2.24, 2.45) is 22.2 Å². The number of carbonyl (C=O) groups is 3. The van der Waals surface area contributed by atoms with E-state index in [4.69, 9.17) is 9.47 Å². The van der Waals surface area contributed by atoms with Gasteiger partial charge in [-0.15, -0.1) is 0 Å². The maximum atomic E-state index is 13.8. The summed E-state index contributed by atoms with van der Waals surface area (Å²) < 4.78 is 11.1. The van der Waals surface area contributed by atoms with Gasteiger partial charge in [-0.25, -0.2) is 4.79 Å². The molecule has 2 heterocycles. The maximum absolute atomic E-state index is 13.8. The van der Waals surface area contributed by atoms with Crippen molar-refractivity contribution in [3.8, 4) is 0 Å². The standard InChI is InChI=1S/C27H39NO6/c1-5-7-8-19-28-22(31)20(21(30)27(28,16-34-19)23(32)33-6-2)18(29)12-26-11-17-9-24(3,14-26)13-25(4,10-17)15-26/h17,19,30H,5-16H2,1-4H3/t17?,19-,24?,25?,26?,27-/m1/s1. The number of Topliss-reactive ketones (excluding diaryl/α,β-unsaturated/α-hetero) is 1. The molecule has 7 nitrogen and oxygen atoms in total. The number of hydrogen-bond acceptors (Lipinski definition) is 6. The summed E-state index contributed by atoms with van der Waals surface area (Å²) in [5, 5.41) is 11.3. The zero-order valence-corrected chi connectivity index (χ0v) is 21.1. The molecule has 0 aromatic heterocycles. The third-order valence-electron chi connectivity index (χ3n) is 9.22. The first-order valence-corrected chi connectivity index (χ1v) is 13.1. The summed E-state index contributed by atoms with van der Waals surface area (Å²) in [6.45, 7) is 8.36. The Morgan fingerprint density at radius 1 is 1.12 bits per heavy atom. The Balaban J connectivity index is 1.47. The Kier molecular flexibility index (Phi) is 5.47. The highest BCUT2D eigenvalue weighted by atomic mass is 16.6. The summed E-state index contributed by atoms with van der Waals surface area (Å²) in [5.41, 5.74) is -1.60. The lowest BCUT2D eigenvalue weighted by molar-refractivity contribution is -0.159. The van der Waals surface area contributed by atoms with Crippen LogP contribution in [0.3, 0.4) is 0 Å². The number of ether oxygens (including phenoxy) is 2. The number of esters is 1. The number of aliphatic hydroxyl groups is 1. The lowest BCUT2D eigenvalue weighted by Gasteiger charge is -2.65. The number of rotatable bonds is 8. The van der Waals surface area contributed by atoms with Crippen molar-refractivity contribution in [3.63, 3.8) is 0 Å². The third-order valence-corrected chi connectivity index (χ3v) is 9.22. The van der Waals surface area contributed by atoms with Crippen LogP contribution in [-0.2, 0) is 23.9 Å². The van der Waals surface area contributed by atoms with Crippen LogP contribution >= 0.6 is 0 Å². The first kappa shape index (κ1) is 23.8. The van der Waals surface area contributed by atoms with Crippen molar-refractivity contribution in [2.75, 3.05) is 13.2 Å². The summed E-state index contributed by atoms with van der Waals surface area (Å²) in [7, 11) is 0. The van der Waals surface area contributed by atoms with Crippen LogP contribution < -0.4 is 0 Å². The lowest BCUT2D eigenvalue weighted by Crippen LogP contribution is -2.55. The highest BCUT2D eigenvalue weighted by Crippen LogP contribution is 2.70. The molecule has 0 aromatic rings. The van der Waals surface area contributed by atoms with E-state index in [1.807, 2.05) is 6.92 Å². The van der Waals surface area contributed by atoms with Crippen LogP contribution in [0.5, 0.6) is 0 Å². The van der Waals surface area contributed by atoms with Gasteiger partial charge in [0, 0.05) is 6.42 Å². The molecule has 4 bridgehead atoms. The minimum Gasteiger partial charge on any atom is -0.508 e. The number of aliphatic hydroxyl groups excluding tert-OH is 1. The van der Waals surface area contributed by atoms with E-state index in [2.05, 4.69) is 13.8 Å². The average molecular weight is 474 g/mol. The van der Waals surface area contributed by atoms with Gasteiger partial charge in [0.1, 0.15) is 17.6 Å². The maximum Gasteiger partial charge on any atom is 0.342 e. The molecule has 4 saturated carbocycles. The van der Waals surface area contributed by atoms with Crippen molar-refractivity contribution in [1.82, 2.24) is 4.90 Å². The van der Waals surface area contributed by atoms with Crippen LogP contribution in [0.2, 0.25) is 0 Å². The second kappa shape index (κ2) is 7.81. The number of ketones is 1. The molecule has 6 aliphatic rings. The van der Waals surface area contributed by atoms with Crippen molar-refractivity contribution in [1.29, 1.82) is 0 Å². The van der Waals surface area contributed by atoms with Gasteiger partial charge in [-0.2, -0.15) is 0 Å². The van der Waals surface area contributed by atoms with Crippen LogP contribution in [0.25, 0.3) is 0 Å². The second-order valence-electron chi connectivity index (χ2n) is 12.6. The van der Waals surface area contributed by atoms with Gasteiger partial charge in [-0.1, -0.05) is 27.2 Å². The smallest absolute Gasteiger partial charge is 0.342 e. The first-order chi connectivity index (χ1) is 16.0. The predicted molar refractivity (Wildman–Crippen MR) is 125 cm³/mol. The van der Waals surface area contributed by atoms with Crippen molar-refractivity contribution < 1.29 is 29.0 Å². The van der Waals surface area contributed by atoms with Gasteiger partial charge in [0.2, 0.25) is 5.54 Å². The molecule has 2 unspecified atom stereocenters. The molecule has 5 fully saturated rings. The molecular weight excluding hydrogens is 434 g/mol. The molecule has 34 heavy (non-hydrogen) atoms. The predicted octanol–water partition coefficient (Wildman–Crippen LogP) is 4.44. The molecule has 0 spiro atoms. The van der Waals surface area contributed by atoms with Crippen molar-refractivity contribution in [2.45, 2.75) is 104 Å². The lowest BCUT2D eigenvalue weighted by atomic mass is 9.39. The summed E-state index contributed by atoms with van der Waals surface area (Å²) in [4.78, 5) is 41.8. The molecule has 1 amide bonds. The molecule has 0 aromatic carbocycles. The minimum absolute atomic E-state index is 0.112. The second-order valence-corrected chi connectivity index (χ2v) is 12.6. The molecule has 1 N–H and O–H groups in total. The van der Waals surface area contributed by atoms with E-state index in [0.717, 1.165) is 32.1 Å². The fraction of sp³-hybridized carbons (Fsp3) is 0.815. The molecular formula is C27H39NO6. The number of unbranched alkanes of at least 4 members (excludes halogenated alkanes) is 1. The van der Waals surface area contributed by atoms with Gasteiger partial charge in [-0.3, -0.25) is 14.5 Å². The fourth-order valence-corrected chi connectivity index (χ4v) is 9.18. The highest BCUT2D eigenvalue weighted by molar-refractivity contribution is 6.24. The Labute approximate surface area is 202 Å². The normalized spacial score (nSPS) is 42.5. The van der Waals surface area contributed by atoms with Crippen molar-refractivity contribution in [3.05, 3.63) is 11.3 Å². The van der Waals surface area contributed by atoms with Crippen molar-refractivity contribution >= 4 is 17.7 Å². The minimum atomic E-state index is -1.74. The van der Waals surface area contributed by atoms with Gasteiger partial charge in [0.25, 0.3) is 5.91 Å². The Morgan fingerprint density at radius 3 is 2.38 bits per heavy atom. The molecule has 1 saturated heterocycles. The van der Waals surface area contributed by atoms with E-state index in [1.54, 1.807) is 6.92 Å². The Morgan fingerprint density at radius 2 is 1.79 bits per heavy atom. The summed E-state index contributed by atoms with van der Waals surface area (Å²) in [6, 6.07) is 0. The van der Waals surface area contributed by atoms with Crippen LogP contribution in [0.4, 0.5) is 0 Å². The van der Waals surface area contributed by atoms with E-state index >= 15 is 0 Å². The molecule has 188 valence electrons. The van der Waals surface area contributed by atoms with Crippen LogP contribution in [0.1, 0.15) is 91.9 Å². The van der Waals surface area contributed by atoms with Crippen LogP contribution in [0, 0.1) is 22.2 Å². The van der Waals surface area contributed by atoms with E-state index in [9.17, 15) is 19.5 Å². The number of amides is 1. The van der Waals surface area contributed by atoms with Gasteiger partial charge in [0.05, 0.1) is 13.2 Å². The number of hydrogen-bond donors (Lipinski definition) is 1. The third kappa shape index (κ3) is 3.36. The van der Waals surface area contributed by atoms with Crippen LogP contribution in [0.15, 0.2) is 11.3 Å². The Hall–Kier alpha value is -1.89. The van der Waals surface area contributed by atoms with E-state index in [-0.39, 0.29) is 47.2 Å². The van der Waals surface area contributed by atoms with E-state index in [0.29, 0.717) is 12.3 Å².